The van der Waals surface area contributed by atoms with E-state index in [-0.39, 0.29) is 12.2 Å². The van der Waals surface area contributed by atoms with Crippen LogP contribution in [-0.4, -0.2) is 28.2 Å². The summed E-state index contributed by atoms with van der Waals surface area (Å²) in [5.74, 6) is 0.824. The zero-order valence-electron chi connectivity index (χ0n) is 22.0. The van der Waals surface area contributed by atoms with Crippen LogP contribution >= 0.6 is 23.4 Å². The Balaban J connectivity index is 1.47. The highest BCUT2D eigenvalue weighted by Crippen LogP contribution is 2.50. The summed E-state index contributed by atoms with van der Waals surface area (Å²) in [6.45, 7) is 2.34. The van der Waals surface area contributed by atoms with Crippen molar-refractivity contribution in [2.24, 2.45) is 0 Å². The van der Waals surface area contributed by atoms with E-state index in [1.54, 1.807) is 18.2 Å². The van der Waals surface area contributed by atoms with Crippen LogP contribution in [0.1, 0.15) is 58.3 Å². The normalized spacial score (nSPS) is 16.7. The van der Waals surface area contributed by atoms with E-state index in [4.69, 9.17) is 11.6 Å². The van der Waals surface area contributed by atoms with E-state index in [9.17, 15) is 18.3 Å². The fourth-order valence-electron chi connectivity index (χ4n) is 4.89. The number of benzene rings is 3. The van der Waals surface area contributed by atoms with Crippen LogP contribution in [0.2, 0.25) is 5.15 Å². The highest BCUT2D eigenvalue weighted by molar-refractivity contribution is 8.06. The van der Waals surface area contributed by atoms with E-state index in [0.29, 0.717) is 23.8 Å². The van der Waals surface area contributed by atoms with Crippen molar-refractivity contribution in [3.63, 3.8) is 0 Å². The third-order valence-corrected chi connectivity index (χ3v) is 10.3. The number of imidazole rings is 1. The molecule has 0 radical (unpaired) electrons. The van der Waals surface area contributed by atoms with Gasteiger partial charge < -0.3 is 9.67 Å². The maximum atomic E-state index is 13.4. The van der Waals surface area contributed by atoms with E-state index in [1.165, 1.54) is 23.9 Å². The first-order chi connectivity index (χ1) is 19.3. The number of hydrogen-bond donors (Lipinski definition) is 2. The number of hydrogen-bond acceptors (Lipinski definition) is 6. The summed E-state index contributed by atoms with van der Waals surface area (Å²) in [6, 6.07) is 23.5. The second-order valence-corrected chi connectivity index (χ2v) is 13.1. The number of carbonyl (C=O) groups is 1. The van der Waals surface area contributed by atoms with Crippen molar-refractivity contribution < 1.29 is 18.3 Å². The molecule has 0 fully saturated rings. The molecule has 1 aromatic heterocycles. The first kappa shape index (κ1) is 28.6. The van der Waals surface area contributed by atoms with Crippen molar-refractivity contribution in [3.05, 3.63) is 118 Å². The molecule has 2 N–H and O–H groups in total. The largest absolute Gasteiger partial charge is 0.390 e. The van der Waals surface area contributed by atoms with E-state index in [1.807, 2.05) is 53.1 Å². The van der Waals surface area contributed by atoms with Gasteiger partial charge in [0.25, 0.3) is 15.1 Å². The number of aromatic nitrogens is 2. The van der Waals surface area contributed by atoms with Crippen molar-refractivity contribution in [2.75, 3.05) is 0 Å². The molecule has 1 unspecified atom stereocenters. The lowest BCUT2D eigenvalue weighted by Crippen LogP contribution is -2.45. The Kier molecular flexibility index (Phi) is 8.49. The van der Waals surface area contributed by atoms with Crippen molar-refractivity contribution in [1.29, 1.82) is 0 Å². The minimum absolute atomic E-state index is 0.111. The van der Waals surface area contributed by atoms with Gasteiger partial charge in [-0.05, 0) is 29.2 Å². The summed E-state index contributed by atoms with van der Waals surface area (Å²) < 4.78 is 31.5. The van der Waals surface area contributed by atoms with Crippen LogP contribution in [0.15, 0.2) is 83.8 Å². The average molecular weight is 596 g/mol. The second kappa shape index (κ2) is 11.9. The van der Waals surface area contributed by atoms with Crippen LogP contribution in [0.25, 0.3) is 0 Å². The quantitative estimate of drug-likeness (QED) is 0.245. The highest BCUT2D eigenvalue weighted by atomic mass is 35.5. The first-order valence-corrected chi connectivity index (χ1v) is 15.8. The number of aliphatic hydroxyl groups is 1. The number of nitrogens with one attached hydrogen (secondary N) is 1. The molecule has 7 nitrogen and oxygen atoms in total. The van der Waals surface area contributed by atoms with Crippen molar-refractivity contribution >= 4 is 38.5 Å². The number of carbonyl (C=O) groups excluding carboxylic acids is 1. The summed E-state index contributed by atoms with van der Waals surface area (Å²) in [7, 11) is -4.36. The van der Waals surface area contributed by atoms with Crippen LogP contribution in [0, 0.1) is 0 Å². The number of aryl methyl sites for hydroxylation is 1. The fourth-order valence-corrected chi connectivity index (χ4v) is 8.08. The zero-order valence-corrected chi connectivity index (χ0v) is 24.4. The minimum Gasteiger partial charge on any atom is -0.390 e. The van der Waals surface area contributed by atoms with Gasteiger partial charge in [0.05, 0.1) is 13.2 Å². The van der Waals surface area contributed by atoms with Gasteiger partial charge in [-0.25, -0.2) is 13.4 Å². The molecule has 0 saturated heterocycles. The molecule has 3 aromatic carbocycles. The van der Waals surface area contributed by atoms with Crippen molar-refractivity contribution in [2.45, 2.75) is 55.5 Å². The Hall–Kier alpha value is -2.95. The molecule has 5 rings (SSSR count). The number of nitrogens with zero attached hydrogens (tertiary/aromatic N) is 2. The standard InChI is InChI=1S/C30H30ClN3O4S2/c1-2-3-13-27-32-25(20-35)28(31)34(27)19-21-14-16-24(17-15-21)30(18-23-11-7-8-12-26(23)39-30)33-40(37,38)29(36)22-9-5-4-6-10-22/h4-12,14-17,33,35H,2-3,13,18-20H2,1H3. The lowest BCUT2D eigenvalue weighted by atomic mass is 9.98. The molecule has 10 heteroatoms. The van der Waals surface area contributed by atoms with Gasteiger partial charge in [-0.15, -0.1) is 0 Å². The number of aliphatic hydroxyl groups excluding tert-OH is 1. The van der Waals surface area contributed by atoms with Gasteiger partial charge in [0.2, 0.25) is 0 Å². The molecule has 1 atom stereocenters. The fraction of sp³-hybridized carbons (Fsp3) is 0.267. The van der Waals surface area contributed by atoms with Gasteiger partial charge in [-0.1, -0.05) is 110 Å². The van der Waals surface area contributed by atoms with Crippen LogP contribution < -0.4 is 4.72 Å². The van der Waals surface area contributed by atoms with Gasteiger partial charge >= 0.3 is 0 Å². The predicted octanol–water partition coefficient (Wildman–Crippen LogP) is 5.68. The molecule has 40 heavy (non-hydrogen) atoms. The van der Waals surface area contributed by atoms with Gasteiger partial charge in [0, 0.05) is 23.3 Å². The number of halogens is 1. The zero-order chi connectivity index (χ0) is 28.3. The molecule has 0 saturated carbocycles. The van der Waals surface area contributed by atoms with E-state index >= 15 is 0 Å². The predicted molar refractivity (Wildman–Crippen MR) is 158 cm³/mol. The lowest BCUT2D eigenvalue weighted by molar-refractivity contribution is 0.107. The SMILES string of the molecule is CCCCc1nc(CO)c(Cl)n1Cc1ccc(C2(NS(=O)(=O)C(=O)c3ccccc3)Cc3ccccc3S2)cc1. The molecule has 1 aliphatic rings. The average Bonchev–Trinajstić information content (AvgIpc) is 3.49. The number of rotatable bonds is 10. The Bertz CT molecular complexity index is 1600. The van der Waals surface area contributed by atoms with Crippen LogP contribution in [0.4, 0.5) is 0 Å². The van der Waals surface area contributed by atoms with Gasteiger partial charge in [0.15, 0.2) is 0 Å². The maximum Gasteiger partial charge on any atom is 0.291 e. The smallest absolute Gasteiger partial charge is 0.291 e. The summed E-state index contributed by atoms with van der Waals surface area (Å²) in [6.07, 6.45) is 3.12. The highest BCUT2D eigenvalue weighted by Gasteiger charge is 2.44. The summed E-state index contributed by atoms with van der Waals surface area (Å²) in [5, 5.41) is 9.13. The molecule has 0 bridgehead atoms. The van der Waals surface area contributed by atoms with Gasteiger partial charge in [-0.2, -0.15) is 4.72 Å². The summed E-state index contributed by atoms with van der Waals surface area (Å²) in [5.41, 5.74) is 3.26. The molecular weight excluding hydrogens is 566 g/mol. The first-order valence-electron chi connectivity index (χ1n) is 13.1. The number of unbranched alkanes of at least 4 members (excludes halogenated alkanes) is 1. The molecule has 2 heterocycles. The Morgan fingerprint density at radius 3 is 2.45 bits per heavy atom. The van der Waals surface area contributed by atoms with E-state index in [0.717, 1.165) is 46.7 Å². The van der Waals surface area contributed by atoms with Gasteiger partial charge in [0.1, 0.15) is 21.5 Å². The van der Waals surface area contributed by atoms with Crippen LogP contribution in [-0.2, 0) is 40.9 Å². The maximum absolute atomic E-state index is 13.4. The Morgan fingerprint density at radius 1 is 1.07 bits per heavy atom. The Morgan fingerprint density at radius 2 is 1.77 bits per heavy atom. The van der Waals surface area contributed by atoms with E-state index in [2.05, 4.69) is 16.6 Å². The summed E-state index contributed by atoms with van der Waals surface area (Å²) in [4.78, 5) is 17.4. The molecule has 0 amide bonds. The molecule has 0 spiro atoms. The molecule has 208 valence electrons. The topological polar surface area (TPSA) is 101 Å². The van der Waals surface area contributed by atoms with Crippen LogP contribution in [0.3, 0.4) is 0 Å². The third kappa shape index (κ3) is 5.75. The monoisotopic (exact) mass is 595 g/mol. The van der Waals surface area contributed by atoms with Crippen molar-refractivity contribution in [1.82, 2.24) is 14.3 Å². The number of sulfonamides is 1. The van der Waals surface area contributed by atoms with Crippen molar-refractivity contribution in [3.8, 4) is 0 Å². The minimum atomic E-state index is -4.36. The summed E-state index contributed by atoms with van der Waals surface area (Å²) >= 11 is 7.95. The number of thioether (sulfide) groups is 1. The lowest BCUT2D eigenvalue weighted by Gasteiger charge is -2.29. The number of fused-ring (bicyclic) bond motifs is 1. The van der Waals surface area contributed by atoms with E-state index < -0.39 is 20.0 Å². The molecular formula is C30H30ClN3O4S2. The van der Waals surface area contributed by atoms with Gasteiger partial charge in [-0.3, -0.25) is 4.79 Å². The molecule has 0 aliphatic carbocycles. The molecule has 1 aliphatic heterocycles. The molecule has 4 aromatic rings. The Labute approximate surface area is 243 Å². The second-order valence-electron chi connectivity index (χ2n) is 9.78. The van der Waals surface area contributed by atoms with Crippen LogP contribution in [0.5, 0.6) is 0 Å². The third-order valence-electron chi connectivity index (χ3n) is 6.96.